The first-order valence-electron chi connectivity index (χ1n) is 9.85. The molecule has 1 aromatic carbocycles. The molecule has 0 aliphatic carbocycles. The van der Waals surface area contributed by atoms with Gasteiger partial charge in [-0.25, -0.2) is 4.39 Å². The van der Waals surface area contributed by atoms with Gasteiger partial charge in [0.2, 0.25) is 0 Å². The first kappa shape index (κ1) is 22.4. The fourth-order valence-electron chi connectivity index (χ4n) is 3.52. The van der Waals surface area contributed by atoms with Crippen LogP contribution in [0.3, 0.4) is 0 Å². The number of hydrogen-bond donors (Lipinski definition) is 4. The molecule has 2 heterocycles. The third-order valence-electron chi connectivity index (χ3n) is 5.06. The summed E-state index contributed by atoms with van der Waals surface area (Å²) in [6.07, 6.45) is 3.45. The maximum absolute atomic E-state index is 13.8. The number of carbonyl (C=O) groups excluding carboxylic acids is 2. The molecule has 0 bridgehead atoms. The fourth-order valence-corrected chi connectivity index (χ4v) is 3.52. The molecule has 31 heavy (non-hydrogen) atoms. The van der Waals surface area contributed by atoms with E-state index in [2.05, 4.69) is 5.32 Å². The Morgan fingerprint density at radius 1 is 1.42 bits per heavy atom. The number of halogens is 1. The summed E-state index contributed by atoms with van der Waals surface area (Å²) in [5.74, 6) is -1.15. The van der Waals surface area contributed by atoms with Crippen LogP contribution in [0.15, 0.2) is 48.4 Å². The van der Waals surface area contributed by atoms with Gasteiger partial charge in [-0.3, -0.25) is 19.9 Å². The predicted octanol–water partition coefficient (Wildman–Crippen LogP) is 0.354. The van der Waals surface area contributed by atoms with Crippen LogP contribution in [-0.4, -0.2) is 75.5 Å². The zero-order valence-corrected chi connectivity index (χ0v) is 17.0. The van der Waals surface area contributed by atoms with Crippen LogP contribution in [0.1, 0.15) is 13.3 Å². The molecule has 3 atom stereocenters. The Labute approximate surface area is 178 Å². The minimum absolute atomic E-state index is 0.00174. The Hall–Kier alpha value is -3.24. The number of aliphatic hydroxyl groups is 2. The fraction of sp³-hybridized carbons (Fsp3) is 0.381. The third kappa shape index (κ3) is 5.09. The van der Waals surface area contributed by atoms with E-state index in [-0.39, 0.29) is 49.0 Å². The molecule has 4 N–H and O–H groups in total. The van der Waals surface area contributed by atoms with Crippen molar-refractivity contribution in [2.24, 2.45) is 0 Å². The Morgan fingerprint density at radius 3 is 2.87 bits per heavy atom. The molecule has 0 saturated carbocycles. The second-order valence-electron chi connectivity index (χ2n) is 7.38. The summed E-state index contributed by atoms with van der Waals surface area (Å²) in [6, 6.07) is 4.80. The van der Waals surface area contributed by atoms with Crippen LogP contribution in [-0.2, 0) is 9.59 Å². The molecule has 0 aromatic heterocycles. The molecular formula is C21H25FN4O5. The number of para-hydroxylation sites is 1. The van der Waals surface area contributed by atoms with Crippen molar-refractivity contribution < 1.29 is 28.9 Å². The van der Waals surface area contributed by atoms with Gasteiger partial charge in [0.25, 0.3) is 11.8 Å². The quantitative estimate of drug-likeness (QED) is 0.347. The number of rotatable bonds is 8. The zero-order valence-electron chi connectivity index (χ0n) is 17.0. The molecule has 2 aliphatic heterocycles. The lowest BCUT2D eigenvalue weighted by Gasteiger charge is -2.23. The second-order valence-corrected chi connectivity index (χ2v) is 7.38. The molecule has 3 rings (SSSR count). The van der Waals surface area contributed by atoms with Crippen LogP contribution in [0, 0.1) is 11.2 Å². The molecule has 1 fully saturated rings. The maximum Gasteiger partial charge on any atom is 0.251 e. The zero-order chi connectivity index (χ0) is 22.5. The molecule has 10 heteroatoms. The van der Waals surface area contributed by atoms with Crippen LogP contribution >= 0.6 is 0 Å². The molecule has 9 nitrogen and oxygen atoms in total. The van der Waals surface area contributed by atoms with Crippen LogP contribution in [0.4, 0.5) is 4.39 Å². The van der Waals surface area contributed by atoms with Crippen molar-refractivity contribution in [2.75, 3.05) is 19.7 Å². The maximum atomic E-state index is 13.8. The molecule has 1 unspecified atom stereocenters. The Morgan fingerprint density at radius 2 is 2.16 bits per heavy atom. The smallest absolute Gasteiger partial charge is 0.251 e. The van der Waals surface area contributed by atoms with Crippen molar-refractivity contribution in [3.8, 4) is 5.75 Å². The summed E-state index contributed by atoms with van der Waals surface area (Å²) in [7, 11) is 0. The number of carbonyl (C=O) groups is 2. The van der Waals surface area contributed by atoms with Gasteiger partial charge in [-0.15, -0.1) is 0 Å². The average molecular weight is 432 g/mol. The second kappa shape index (κ2) is 9.71. The normalized spacial score (nSPS) is 22.3. The average Bonchev–Trinajstić information content (AvgIpc) is 3.24. The van der Waals surface area contributed by atoms with E-state index in [0.717, 1.165) is 0 Å². The van der Waals surface area contributed by atoms with Crippen molar-refractivity contribution in [1.82, 2.24) is 15.1 Å². The molecule has 1 aromatic rings. The van der Waals surface area contributed by atoms with E-state index >= 15 is 0 Å². The number of likely N-dealkylation sites (tertiary alicyclic amines) is 1. The number of ether oxygens (including phenoxy) is 1. The molecule has 1 saturated heterocycles. The van der Waals surface area contributed by atoms with Gasteiger partial charge in [0.15, 0.2) is 11.6 Å². The molecule has 2 aliphatic rings. The predicted molar refractivity (Wildman–Crippen MR) is 109 cm³/mol. The molecule has 0 spiro atoms. The molecular weight excluding hydrogens is 407 g/mol. The summed E-state index contributed by atoms with van der Waals surface area (Å²) in [4.78, 5) is 28.1. The van der Waals surface area contributed by atoms with E-state index in [1.807, 2.05) is 0 Å². The summed E-state index contributed by atoms with van der Waals surface area (Å²) in [5, 5.41) is 29.0. The van der Waals surface area contributed by atoms with Crippen molar-refractivity contribution in [3.05, 3.63) is 54.2 Å². The van der Waals surface area contributed by atoms with Gasteiger partial charge < -0.3 is 25.2 Å². The minimum atomic E-state index is -0.926. The highest BCUT2D eigenvalue weighted by atomic mass is 19.1. The third-order valence-corrected chi connectivity index (χ3v) is 5.06. The minimum Gasteiger partial charge on any atom is -0.457 e. The van der Waals surface area contributed by atoms with Crippen LogP contribution < -0.4 is 10.1 Å². The highest BCUT2D eigenvalue weighted by Gasteiger charge is 2.45. The number of nitrogens with one attached hydrogen (secondary N) is 2. The number of amides is 2. The summed E-state index contributed by atoms with van der Waals surface area (Å²) >= 11 is 0. The van der Waals surface area contributed by atoms with Crippen molar-refractivity contribution >= 4 is 17.6 Å². The number of nitrogens with zero attached hydrogens (tertiary/aromatic N) is 2. The number of benzene rings is 1. The van der Waals surface area contributed by atoms with Crippen LogP contribution in [0.2, 0.25) is 0 Å². The number of amidine groups is 1. The van der Waals surface area contributed by atoms with Gasteiger partial charge in [-0.1, -0.05) is 12.1 Å². The Balaban J connectivity index is 1.61. The van der Waals surface area contributed by atoms with Gasteiger partial charge >= 0.3 is 0 Å². The lowest BCUT2D eigenvalue weighted by molar-refractivity contribution is -0.136. The molecule has 2 amide bonds. The summed E-state index contributed by atoms with van der Waals surface area (Å²) in [6.45, 7) is 1.54. The van der Waals surface area contributed by atoms with E-state index in [9.17, 15) is 19.1 Å². The van der Waals surface area contributed by atoms with Crippen molar-refractivity contribution in [3.63, 3.8) is 0 Å². The van der Waals surface area contributed by atoms with E-state index in [1.165, 1.54) is 46.4 Å². The lowest BCUT2D eigenvalue weighted by atomic mass is 10.1. The summed E-state index contributed by atoms with van der Waals surface area (Å²) in [5.41, 5.74) is 0. The SMILES string of the molecule is CC1C[C@H](N2CC(Oc3ccccc3F)=CC2=O)C(=O)N1C(=N)/C=C\NC[C@@H](O)CO. The van der Waals surface area contributed by atoms with Gasteiger partial charge in [0.1, 0.15) is 17.6 Å². The van der Waals surface area contributed by atoms with Gasteiger partial charge in [0, 0.05) is 24.9 Å². The summed E-state index contributed by atoms with van der Waals surface area (Å²) < 4.78 is 19.3. The van der Waals surface area contributed by atoms with Gasteiger partial charge in [-0.05, 0) is 31.6 Å². The highest BCUT2D eigenvalue weighted by molar-refractivity contribution is 6.07. The van der Waals surface area contributed by atoms with E-state index < -0.39 is 23.9 Å². The van der Waals surface area contributed by atoms with E-state index in [4.69, 9.17) is 15.3 Å². The molecule has 166 valence electrons. The van der Waals surface area contributed by atoms with Crippen molar-refractivity contribution in [1.29, 1.82) is 5.41 Å². The van der Waals surface area contributed by atoms with E-state index in [0.29, 0.717) is 6.42 Å². The first-order valence-corrected chi connectivity index (χ1v) is 9.85. The van der Waals surface area contributed by atoms with E-state index in [1.54, 1.807) is 13.0 Å². The largest absolute Gasteiger partial charge is 0.457 e. The van der Waals surface area contributed by atoms with Gasteiger partial charge in [0.05, 0.1) is 19.3 Å². The van der Waals surface area contributed by atoms with Crippen LogP contribution in [0.25, 0.3) is 0 Å². The topological polar surface area (TPSA) is 126 Å². The Bertz CT molecular complexity index is 919. The van der Waals surface area contributed by atoms with Gasteiger partial charge in [-0.2, -0.15) is 0 Å². The first-order chi connectivity index (χ1) is 14.8. The lowest BCUT2D eigenvalue weighted by Crippen LogP contribution is -2.44. The number of aliphatic hydroxyl groups excluding tert-OH is 2. The molecule has 0 radical (unpaired) electrons. The monoisotopic (exact) mass is 432 g/mol. The standard InChI is InChI=1S/C21H25FN4O5/c1-13-8-17(21(30)26(13)19(23)6-7-24-10-14(28)12-27)25-11-15(9-20(25)29)31-18-5-3-2-4-16(18)22/h2-7,9,13-14,17,23-24,27-28H,8,10-12H2,1H3/b7-6-,23-19?/t13?,14-,17+/m1/s1. The highest BCUT2D eigenvalue weighted by Crippen LogP contribution is 2.28. The number of hydrogen-bond acceptors (Lipinski definition) is 7. The Kier molecular flexibility index (Phi) is 7.03. The van der Waals surface area contributed by atoms with Crippen molar-refractivity contribution in [2.45, 2.75) is 31.5 Å². The van der Waals surface area contributed by atoms with Crippen LogP contribution in [0.5, 0.6) is 5.75 Å².